The molecule has 3 aromatic rings. The molecule has 0 radical (unpaired) electrons. The van der Waals surface area contributed by atoms with Crippen LogP contribution in [0.25, 0.3) is 10.9 Å². The maximum atomic E-state index is 8.80. The Balaban J connectivity index is 1.75. The molecule has 1 fully saturated rings. The predicted octanol–water partition coefficient (Wildman–Crippen LogP) is 3.19. The van der Waals surface area contributed by atoms with E-state index in [0.717, 1.165) is 29.3 Å². The van der Waals surface area contributed by atoms with Crippen molar-refractivity contribution in [2.45, 2.75) is 18.9 Å². The number of ether oxygens (including phenoxy) is 2. The molecular weight excluding hydrogens is 328 g/mol. The third-order valence-electron chi connectivity index (χ3n) is 4.56. The molecule has 0 aliphatic carbocycles. The third-order valence-corrected chi connectivity index (χ3v) is 4.56. The molecule has 1 aliphatic rings. The monoisotopic (exact) mass is 348 g/mol. The van der Waals surface area contributed by atoms with Crippen molar-refractivity contribution in [1.29, 1.82) is 5.41 Å². The van der Waals surface area contributed by atoms with Gasteiger partial charge in [0.15, 0.2) is 0 Å². The Hall–Kier alpha value is -2.99. The van der Waals surface area contributed by atoms with E-state index < -0.39 is 0 Å². The number of benzene rings is 1. The molecule has 1 aliphatic heterocycles. The van der Waals surface area contributed by atoms with E-state index in [4.69, 9.17) is 20.6 Å². The average molecular weight is 348 g/mol. The first-order chi connectivity index (χ1) is 12.7. The second kappa shape index (κ2) is 7.09. The Kier molecular flexibility index (Phi) is 4.50. The van der Waals surface area contributed by atoms with Crippen LogP contribution in [0.2, 0.25) is 0 Å². The lowest BCUT2D eigenvalue weighted by Gasteiger charge is -2.24. The fourth-order valence-corrected chi connectivity index (χ4v) is 3.20. The standard InChI is InChI=1S/C20H20N4O2/c21-16-6-10-24-20(26-13-7-11-25-12-8-13)18(16)19(22)15-3-1-5-17-14(15)4-2-9-23-17/h1-6,9-10,13,22H,7-8,11-12H2,(H2,21,24). The lowest BCUT2D eigenvalue weighted by atomic mass is 9.98. The van der Waals surface area contributed by atoms with Crippen molar-refractivity contribution < 1.29 is 9.47 Å². The molecule has 1 saturated heterocycles. The van der Waals surface area contributed by atoms with Crippen LogP contribution >= 0.6 is 0 Å². The molecular formula is C20H20N4O2. The second-order valence-electron chi connectivity index (χ2n) is 6.26. The summed E-state index contributed by atoms with van der Waals surface area (Å²) < 4.78 is 11.5. The zero-order valence-corrected chi connectivity index (χ0v) is 14.3. The maximum absolute atomic E-state index is 8.80. The molecule has 6 heteroatoms. The van der Waals surface area contributed by atoms with Crippen LogP contribution in [0.5, 0.6) is 5.88 Å². The number of nitrogens with zero attached hydrogens (tertiary/aromatic N) is 2. The topological polar surface area (TPSA) is 94.1 Å². The number of rotatable bonds is 4. The van der Waals surface area contributed by atoms with Crippen LogP contribution in [0.1, 0.15) is 24.0 Å². The minimum Gasteiger partial charge on any atom is -0.474 e. The highest BCUT2D eigenvalue weighted by Gasteiger charge is 2.22. The Labute approximate surface area is 151 Å². The molecule has 4 rings (SSSR count). The number of hydrogen-bond acceptors (Lipinski definition) is 6. The molecule has 0 saturated carbocycles. The van der Waals surface area contributed by atoms with Gasteiger partial charge >= 0.3 is 0 Å². The number of aromatic nitrogens is 2. The van der Waals surface area contributed by atoms with Gasteiger partial charge in [-0.1, -0.05) is 18.2 Å². The summed E-state index contributed by atoms with van der Waals surface area (Å²) in [6.45, 7) is 1.35. The molecule has 0 bridgehead atoms. The second-order valence-corrected chi connectivity index (χ2v) is 6.26. The SMILES string of the molecule is N=C(c1c(N)ccnc1OC1CCOCC1)c1cccc2ncccc12. The number of pyridine rings is 2. The average Bonchev–Trinajstić information content (AvgIpc) is 2.68. The van der Waals surface area contributed by atoms with Crippen LogP contribution in [0.3, 0.4) is 0 Å². The van der Waals surface area contributed by atoms with Crippen molar-refractivity contribution in [1.82, 2.24) is 9.97 Å². The summed E-state index contributed by atoms with van der Waals surface area (Å²) >= 11 is 0. The zero-order chi connectivity index (χ0) is 17.9. The minimum atomic E-state index is 0.0267. The molecule has 0 amide bonds. The van der Waals surface area contributed by atoms with Gasteiger partial charge in [0.05, 0.1) is 30.0 Å². The molecule has 0 spiro atoms. The summed E-state index contributed by atoms with van der Waals surface area (Å²) in [6.07, 6.45) is 5.00. The summed E-state index contributed by atoms with van der Waals surface area (Å²) in [5.41, 5.74) is 9.09. The Bertz CT molecular complexity index is 946. The van der Waals surface area contributed by atoms with Crippen molar-refractivity contribution in [3.8, 4) is 5.88 Å². The highest BCUT2D eigenvalue weighted by Crippen LogP contribution is 2.29. The van der Waals surface area contributed by atoms with Crippen LogP contribution in [0, 0.1) is 5.41 Å². The maximum Gasteiger partial charge on any atom is 0.225 e. The summed E-state index contributed by atoms with van der Waals surface area (Å²) in [6, 6.07) is 11.2. The smallest absolute Gasteiger partial charge is 0.225 e. The van der Waals surface area contributed by atoms with Crippen LogP contribution in [-0.4, -0.2) is 35.0 Å². The van der Waals surface area contributed by atoms with E-state index in [0.29, 0.717) is 30.3 Å². The van der Waals surface area contributed by atoms with E-state index >= 15 is 0 Å². The van der Waals surface area contributed by atoms with Gasteiger partial charge in [-0.3, -0.25) is 10.4 Å². The van der Waals surface area contributed by atoms with Gasteiger partial charge in [0.2, 0.25) is 5.88 Å². The third kappa shape index (κ3) is 3.11. The van der Waals surface area contributed by atoms with E-state index in [1.54, 1.807) is 18.5 Å². The highest BCUT2D eigenvalue weighted by molar-refractivity contribution is 6.20. The highest BCUT2D eigenvalue weighted by atomic mass is 16.5. The van der Waals surface area contributed by atoms with Crippen LogP contribution in [0.4, 0.5) is 5.69 Å². The van der Waals surface area contributed by atoms with E-state index in [-0.39, 0.29) is 11.8 Å². The summed E-state index contributed by atoms with van der Waals surface area (Å²) in [5.74, 6) is 0.405. The van der Waals surface area contributed by atoms with Crippen molar-refractivity contribution >= 4 is 22.3 Å². The molecule has 3 N–H and O–H groups in total. The van der Waals surface area contributed by atoms with E-state index in [1.807, 2.05) is 30.3 Å². The van der Waals surface area contributed by atoms with Crippen molar-refractivity contribution in [2.24, 2.45) is 0 Å². The quantitative estimate of drug-likeness (QED) is 0.706. The van der Waals surface area contributed by atoms with Gasteiger partial charge in [-0.15, -0.1) is 0 Å². The van der Waals surface area contributed by atoms with Crippen molar-refractivity contribution in [2.75, 3.05) is 18.9 Å². The molecule has 2 aromatic heterocycles. The minimum absolute atomic E-state index is 0.0267. The first kappa shape index (κ1) is 16.5. The van der Waals surface area contributed by atoms with Gasteiger partial charge < -0.3 is 15.2 Å². The number of nitrogen functional groups attached to an aromatic ring is 1. The summed E-state index contributed by atoms with van der Waals surface area (Å²) in [7, 11) is 0. The first-order valence-corrected chi connectivity index (χ1v) is 8.66. The fourth-order valence-electron chi connectivity index (χ4n) is 3.20. The largest absolute Gasteiger partial charge is 0.474 e. The van der Waals surface area contributed by atoms with Gasteiger partial charge in [0.1, 0.15) is 6.10 Å². The summed E-state index contributed by atoms with van der Waals surface area (Å²) in [4.78, 5) is 8.73. The predicted molar refractivity (Wildman–Crippen MR) is 101 cm³/mol. The molecule has 6 nitrogen and oxygen atoms in total. The molecule has 0 unspecified atom stereocenters. The van der Waals surface area contributed by atoms with Crippen LogP contribution < -0.4 is 10.5 Å². The van der Waals surface area contributed by atoms with Crippen LogP contribution in [-0.2, 0) is 4.74 Å². The van der Waals surface area contributed by atoms with Gasteiger partial charge in [0, 0.05) is 41.9 Å². The Morgan fingerprint density at radius 2 is 1.92 bits per heavy atom. The lowest BCUT2D eigenvalue weighted by molar-refractivity contribution is 0.0237. The van der Waals surface area contributed by atoms with E-state index in [2.05, 4.69) is 9.97 Å². The molecule has 26 heavy (non-hydrogen) atoms. The molecule has 3 heterocycles. The Morgan fingerprint density at radius 3 is 2.77 bits per heavy atom. The zero-order valence-electron chi connectivity index (χ0n) is 14.3. The number of nitrogens with one attached hydrogen (secondary N) is 1. The number of anilines is 1. The van der Waals surface area contributed by atoms with Gasteiger partial charge in [-0.25, -0.2) is 4.98 Å². The molecule has 1 aromatic carbocycles. The number of hydrogen-bond donors (Lipinski definition) is 2. The Morgan fingerprint density at radius 1 is 1.08 bits per heavy atom. The van der Waals surface area contributed by atoms with Crippen molar-refractivity contribution in [3.63, 3.8) is 0 Å². The van der Waals surface area contributed by atoms with Gasteiger partial charge in [-0.2, -0.15) is 0 Å². The number of nitrogens with two attached hydrogens (primary N) is 1. The van der Waals surface area contributed by atoms with Crippen molar-refractivity contribution in [3.05, 3.63) is 59.9 Å². The van der Waals surface area contributed by atoms with E-state index in [9.17, 15) is 0 Å². The van der Waals surface area contributed by atoms with E-state index in [1.165, 1.54) is 0 Å². The van der Waals surface area contributed by atoms with Crippen LogP contribution in [0.15, 0.2) is 48.8 Å². The normalized spacial score (nSPS) is 15.1. The molecule has 132 valence electrons. The summed E-state index contributed by atoms with van der Waals surface area (Å²) in [5, 5.41) is 9.70. The van der Waals surface area contributed by atoms with Gasteiger partial charge in [0.25, 0.3) is 0 Å². The first-order valence-electron chi connectivity index (χ1n) is 8.66. The number of fused-ring (bicyclic) bond motifs is 1. The lowest BCUT2D eigenvalue weighted by Crippen LogP contribution is -2.27. The fraction of sp³-hybridized carbons (Fsp3) is 0.250. The van der Waals surface area contributed by atoms with Gasteiger partial charge in [-0.05, 0) is 18.2 Å². The molecule has 0 atom stereocenters.